The first-order valence-corrected chi connectivity index (χ1v) is 5.49. The minimum Gasteiger partial charge on any atom is -0.381 e. The summed E-state index contributed by atoms with van der Waals surface area (Å²) in [6.45, 7) is 5.23. The summed E-state index contributed by atoms with van der Waals surface area (Å²) in [4.78, 5) is 0. The van der Waals surface area contributed by atoms with Gasteiger partial charge in [0.25, 0.3) is 0 Å². The number of halogens is 1. The van der Waals surface area contributed by atoms with Crippen LogP contribution in [0.2, 0.25) is 0 Å². The van der Waals surface area contributed by atoms with Crippen LogP contribution in [0.3, 0.4) is 0 Å². The van der Waals surface area contributed by atoms with Gasteiger partial charge in [0.15, 0.2) is 0 Å². The Morgan fingerprint density at radius 3 is 2.73 bits per heavy atom. The second-order valence-electron chi connectivity index (χ2n) is 3.08. The molecule has 2 nitrogen and oxygen atoms in total. The molecule has 0 aromatic heterocycles. The lowest BCUT2D eigenvalue weighted by Gasteiger charge is -2.23. The van der Waals surface area contributed by atoms with Crippen LogP contribution >= 0.6 is 22.6 Å². The molecule has 66 valence electrons. The molecule has 0 radical (unpaired) electrons. The van der Waals surface area contributed by atoms with Gasteiger partial charge in [0.1, 0.15) is 0 Å². The molecule has 0 spiro atoms. The summed E-state index contributed by atoms with van der Waals surface area (Å²) >= 11 is 2.44. The van der Waals surface area contributed by atoms with Crippen LogP contribution in [0.25, 0.3) is 0 Å². The third kappa shape index (κ3) is 4.28. The quantitative estimate of drug-likeness (QED) is 0.620. The summed E-state index contributed by atoms with van der Waals surface area (Å²) in [5, 5.41) is 3.53. The summed E-state index contributed by atoms with van der Waals surface area (Å²) in [6, 6.07) is 0.709. The normalized spacial score (nSPS) is 23.5. The number of rotatable bonds is 3. The van der Waals surface area contributed by atoms with Crippen molar-refractivity contribution in [1.29, 1.82) is 0 Å². The van der Waals surface area contributed by atoms with Crippen molar-refractivity contribution < 1.29 is 4.74 Å². The summed E-state index contributed by atoms with van der Waals surface area (Å²) < 4.78 is 6.00. The minimum absolute atomic E-state index is 0.709. The summed E-state index contributed by atoms with van der Waals surface area (Å²) in [6.07, 6.45) is 2.37. The molecule has 1 aliphatic heterocycles. The van der Waals surface area contributed by atoms with Crippen LogP contribution < -0.4 is 5.32 Å². The molecular formula is C8H16INO. The monoisotopic (exact) mass is 269 g/mol. The van der Waals surface area contributed by atoms with Crippen molar-refractivity contribution in [1.82, 2.24) is 5.32 Å². The Hall–Kier alpha value is 0.650. The fourth-order valence-corrected chi connectivity index (χ4v) is 1.49. The Balaban J connectivity index is 2.05. The molecule has 0 aromatic rings. The predicted octanol–water partition coefficient (Wildman–Crippen LogP) is 1.58. The first-order chi connectivity index (χ1) is 5.29. The van der Waals surface area contributed by atoms with Crippen LogP contribution in [0.5, 0.6) is 0 Å². The highest BCUT2D eigenvalue weighted by Crippen LogP contribution is 2.06. The van der Waals surface area contributed by atoms with Crippen LogP contribution in [-0.2, 0) is 4.74 Å². The van der Waals surface area contributed by atoms with Gasteiger partial charge in [-0.2, -0.15) is 0 Å². The topological polar surface area (TPSA) is 21.3 Å². The number of alkyl halides is 1. The van der Waals surface area contributed by atoms with E-state index in [1.807, 2.05) is 0 Å². The van der Waals surface area contributed by atoms with E-state index in [9.17, 15) is 0 Å². The van der Waals surface area contributed by atoms with Gasteiger partial charge in [-0.25, -0.2) is 0 Å². The standard InChI is InChI=1S/C8H16INO/c1-7(9)6-10-8-2-4-11-5-3-8/h7-8,10H,2-6H2,1H3/t7-/m1/s1. The van der Waals surface area contributed by atoms with Crippen LogP contribution in [0.1, 0.15) is 19.8 Å². The molecular weight excluding hydrogens is 253 g/mol. The lowest BCUT2D eigenvalue weighted by Crippen LogP contribution is -2.37. The summed E-state index contributed by atoms with van der Waals surface area (Å²) in [5.41, 5.74) is 0. The molecule has 1 N–H and O–H groups in total. The van der Waals surface area contributed by atoms with Crippen molar-refractivity contribution in [3.05, 3.63) is 0 Å². The maximum absolute atomic E-state index is 5.26. The zero-order chi connectivity index (χ0) is 8.10. The average Bonchev–Trinajstić information content (AvgIpc) is 2.03. The minimum atomic E-state index is 0.709. The van der Waals surface area contributed by atoms with Crippen LogP contribution in [-0.4, -0.2) is 29.7 Å². The number of hydrogen-bond donors (Lipinski definition) is 1. The van der Waals surface area contributed by atoms with Gasteiger partial charge in [0.2, 0.25) is 0 Å². The largest absolute Gasteiger partial charge is 0.381 e. The van der Waals surface area contributed by atoms with Crippen LogP contribution in [0.4, 0.5) is 0 Å². The molecule has 1 aliphatic rings. The van der Waals surface area contributed by atoms with E-state index in [-0.39, 0.29) is 0 Å². The zero-order valence-corrected chi connectivity index (χ0v) is 9.13. The molecule has 3 heteroatoms. The Morgan fingerprint density at radius 1 is 1.55 bits per heavy atom. The Bertz CT molecular complexity index is 102. The predicted molar refractivity (Wildman–Crippen MR) is 55.3 cm³/mol. The molecule has 1 rings (SSSR count). The Kier molecular flexibility index (Phi) is 4.71. The van der Waals surface area contributed by atoms with E-state index < -0.39 is 0 Å². The number of ether oxygens (including phenoxy) is 1. The highest BCUT2D eigenvalue weighted by molar-refractivity contribution is 14.1. The van der Waals surface area contributed by atoms with Crippen molar-refractivity contribution >= 4 is 22.6 Å². The van der Waals surface area contributed by atoms with E-state index >= 15 is 0 Å². The first kappa shape index (κ1) is 9.74. The molecule has 1 atom stereocenters. The van der Waals surface area contributed by atoms with E-state index in [0.717, 1.165) is 23.7 Å². The molecule has 1 heterocycles. The molecule has 1 fully saturated rings. The SMILES string of the molecule is C[C@@H](I)CNC1CCOCC1. The molecule has 1 saturated heterocycles. The van der Waals surface area contributed by atoms with Crippen molar-refractivity contribution in [3.8, 4) is 0 Å². The van der Waals surface area contributed by atoms with Gasteiger partial charge < -0.3 is 10.1 Å². The van der Waals surface area contributed by atoms with Gasteiger partial charge in [0, 0.05) is 29.7 Å². The third-order valence-electron chi connectivity index (χ3n) is 1.91. The van der Waals surface area contributed by atoms with Crippen molar-refractivity contribution in [2.45, 2.75) is 29.7 Å². The van der Waals surface area contributed by atoms with E-state index in [1.54, 1.807) is 0 Å². The number of hydrogen-bond acceptors (Lipinski definition) is 2. The highest BCUT2D eigenvalue weighted by Gasteiger charge is 2.12. The lowest BCUT2D eigenvalue weighted by atomic mass is 10.1. The van der Waals surface area contributed by atoms with Crippen molar-refractivity contribution in [2.75, 3.05) is 19.8 Å². The van der Waals surface area contributed by atoms with Gasteiger partial charge >= 0.3 is 0 Å². The van der Waals surface area contributed by atoms with Gasteiger partial charge in [-0.05, 0) is 12.8 Å². The molecule has 0 aliphatic carbocycles. The van der Waals surface area contributed by atoms with Crippen LogP contribution in [0, 0.1) is 0 Å². The smallest absolute Gasteiger partial charge is 0.0480 e. The summed E-state index contributed by atoms with van der Waals surface area (Å²) in [5.74, 6) is 0. The zero-order valence-electron chi connectivity index (χ0n) is 6.98. The second-order valence-corrected chi connectivity index (χ2v) is 5.20. The molecule has 0 unspecified atom stereocenters. The van der Waals surface area contributed by atoms with E-state index in [0.29, 0.717) is 6.04 Å². The Labute approximate surface area is 82.2 Å². The van der Waals surface area contributed by atoms with Gasteiger partial charge in [-0.1, -0.05) is 29.5 Å². The fourth-order valence-electron chi connectivity index (χ4n) is 1.23. The first-order valence-electron chi connectivity index (χ1n) is 4.24. The molecule has 11 heavy (non-hydrogen) atoms. The Morgan fingerprint density at radius 2 is 2.18 bits per heavy atom. The second kappa shape index (κ2) is 5.32. The van der Waals surface area contributed by atoms with Gasteiger partial charge in [-0.15, -0.1) is 0 Å². The molecule has 0 saturated carbocycles. The van der Waals surface area contributed by atoms with Crippen LogP contribution in [0.15, 0.2) is 0 Å². The maximum atomic E-state index is 5.26. The fraction of sp³-hybridized carbons (Fsp3) is 1.00. The average molecular weight is 269 g/mol. The van der Waals surface area contributed by atoms with E-state index in [2.05, 4.69) is 34.8 Å². The summed E-state index contributed by atoms with van der Waals surface area (Å²) in [7, 11) is 0. The van der Waals surface area contributed by atoms with Crippen molar-refractivity contribution in [2.24, 2.45) is 0 Å². The third-order valence-corrected chi connectivity index (χ3v) is 2.35. The van der Waals surface area contributed by atoms with Gasteiger partial charge in [-0.3, -0.25) is 0 Å². The highest BCUT2D eigenvalue weighted by atomic mass is 127. The molecule has 0 aromatic carbocycles. The van der Waals surface area contributed by atoms with E-state index in [4.69, 9.17) is 4.74 Å². The van der Waals surface area contributed by atoms with E-state index in [1.165, 1.54) is 12.8 Å². The maximum Gasteiger partial charge on any atom is 0.0480 e. The number of nitrogens with one attached hydrogen (secondary N) is 1. The lowest BCUT2D eigenvalue weighted by molar-refractivity contribution is 0.0783. The van der Waals surface area contributed by atoms with Gasteiger partial charge in [0.05, 0.1) is 0 Å². The molecule has 0 bridgehead atoms. The van der Waals surface area contributed by atoms with Crippen molar-refractivity contribution in [3.63, 3.8) is 0 Å². The molecule has 0 amide bonds.